The molecule has 1 aliphatic carbocycles. The maximum Gasteiger partial charge on any atom is 0.315 e. The Morgan fingerprint density at radius 1 is 1.29 bits per heavy atom. The smallest absolute Gasteiger partial charge is 0.315 e. The molecule has 1 aliphatic rings. The van der Waals surface area contributed by atoms with E-state index in [-0.39, 0.29) is 0 Å². The van der Waals surface area contributed by atoms with Crippen molar-refractivity contribution in [2.45, 2.75) is 46.2 Å². The van der Waals surface area contributed by atoms with Crippen LogP contribution < -0.4 is 10.6 Å². The van der Waals surface area contributed by atoms with Crippen LogP contribution in [0.4, 0.5) is 6.01 Å². The zero-order valence-electron chi connectivity index (χ0n) is 10.9. The van der Waals surface area contributed by atoms with Gasteiger partial charge in [0.05, 0.1) is 6.54 Å². The van der Waals surface area contributed by atoms with Crippen LogP contribution in [0.3, 0.4) is 0 Å². The SMILES string of the molecule is CCNCc1nnc(NC2CCC(C)C2C)o1. The summed E-state index contributed by atoms with van der Waals surface area (Å²) in [4.78, 5) is 0. The minimum absolute atomic E-state index is 0.470. The Bertz CT molecular complexity index is 352. The number of rotatable bonds is 5. The second kappa shape index (κ2) is 5.49. The van der Waals surface area contributed by atoms with Crippen LogP contribution in [-0.2, 0) is 6.54 Å². The van der Waals surface area contributed by atoms with Gasteiger partial charge in [-0.25, -0.2) is 0 Å². The first-order valence-corrected chi connectivity index (χ1v) is 6.50. The fourth-order valence-corrected chi connectivity index (χ4v) is 2.34. The van der Waals surface area contributed by atoms with Crippen LogP contribution in [0.15, 0.2) is 4.42 Å². The Morgan fingerprint density at radius 2 is 2.12 bits per heavy atom. The van der Waals surface area contributed by atoms with E-state index in [1.165, 1.54) is 12.8 Å². The highest BCUT2D eigenvalue weighted by Gasteiger charge is 2.30. The molecule has 1 aromatic heterocycles. The number of nitrogens with one attached hydrogen (secondary N) is 2. The predicted molar refractivity (Wildman–Crippen MR) is 66.7 cm³/mol. The number of anilines is 1. The molecule has 1 fully saturated rings. The third-order valence-corrected chi connectivity index (χ3v) is 3.77. The van der Waals surface area contributed by atoms with Crippen molar-refractivity contribution in [3.8, 4) is 0 Å². The highest BCUT2D eigenvalue weighted by Crippen LogP contribution is 2.32. The van der Waals surface area contributed by atoms with Gasteiger partial charge in [-0.05, 0) is 31.2 Å². The van der Waals surface area contributed by atoms with Crippen LogP contribution in [-0.4, -0.2) is 22.8 Å². The average molecular weight is 238 g/mol. The first-order valence-electron chi connectivity index (χ1n) is 6.50. The Hall–Kier alpha value is -1.10. The summed E-state index contributed by atoms with van der Waals surface area (Å²) in [5.74, 6) is 2.09. The van der Waals surface area contributed by atoms with Gasteiger partial charge in [-0.1, -0.05) is 25.9 Å². The number of hydrogen-bond acceptors (Lipinski definition) is 5. The zero-order valence-corrected chi connectivity index (χ0v) is 10.9. The molecule has 1 heterocycles. The van der Waals surface area contributed by atoms with Gasteiger partial charge >= 0.3 is 6.01 Å². The highest BCUT2D eigenvalue weighted by molar-refractivity contribution is 5.21. The third kappa shape index (κ3) is 2.97. The summed E-state index contributed by atoms with van der Waals surface area (Å²) >= 11 is 0. The largest absolute Gasteiger partial charge is 0.407 e. The third-order valence-electron chi connectivity index (χ3n) is 3.77. The molecular formula is C12H22N4O. The van der Waals surface area contributed by atoms with Crippen LogP contribution >= 0.6 is 0 Å². The van der Waals surface area contributed by atoms with Crippen molar-refractivity contribution >= 4 is 6.01 Å². The van der Waals surface area contributed by atoms with Gasteiger partial charge in [0, 0.05) is 6.04 Å². The fraction of sp³-hybridized carbons (Fsp3) is 0.833. The molecule has 0 aliphatic heterocycles. The van der Waals surface area contributed by atoms with Gasteiger partial charge in [-0.2, -0.15) is 0 Å². The first kappa shape index (κ1) is 12.4. The molecule has 0 spiro atoms. The lowest BCUT2D eigenvalue weighted by atomic mass is 9.98. The summed E-state index contributed by atoms with van der Waals surface area (Å²) in [6, 6.07) is 1.03. The summed E-state index contributed by atoms with van der Waals surface area (Å²) in [6.45, 7) is 8.18. The molecule has 5 nitrogen and oxygen atoms in total. The van der Waals surface area contributed by atoms with Gasteiger partial charge in [0.2, 0.25) is 5.89 Å². The highest BCUT2D eigenvalue weighted by atomic mass is 16.4. The van der Waals surface area contributed by atoms with Crippen molar-refractivity contribution in [3.63, 3.8) is 0 Å². The Balaban J connectivity index is 1.88. The van der Waals surface area contributed by atoms with Crippen LogP contribution in [0.25, 0.3) is 0 Å². The molecule has 0 amide bonds. The molecule has 5 heteroatoms. The molecule has 96 valence electrons. The minimum atomic E-state index is 0.470. The monoisotopic (exact) mass is 238 g/mol. The van der Waals surface area contributed by atoms with E-state index in [1.807, 2.05) is 0 Å². The molecule has 3 atom stereocenters. The van der Waals surface area contributed by atoms with Gasteiger partial charge < -0.3 is 15.1 Å². The van der Waals surface area contributed by atoms with Crippen molar-refractivity contribution in [1.29, 1.82) is 0 Å². The van der Waals surface area contributed by atoms with Gasteiger partial charge in [-0.15, -0.1) is 5.10 Å². The van der Waals surface area contributed by atoms with Gasteiger partial charge in [0.25, 0.3) is 0 Å². The normalized spacial score (nSPS) is 28.5. The number of nitrogens with zero attached hydrogens (tertiary/aromatic N) is 2. The molecule has 0 aromatic carbocycles. The Morgan fingerprint density at radius 3 is 2.76 bits per heavy atom. The second-order valence-corrected chi connectivity index (χ2v) is 4.95. The number of aromatic nitrogens is 2. The molecular weight excluding hydrogens is 216 g/mol. The van der Waals surface area contributed by atoms with Crippen molar-refractivity contribution < 1.29 is 4.42 Å². The molecule has 0 saturated heterocycles. The summed E-state index contributed by atoms with van der Waals surface area (Å²) in [5, 5.41) is 14.5. The minimum Gasteiger partial charge on any atom is -0.407 e. The van der Waals surface area contributed by atoms with Crippen molar-refractivity contribution in [1.82, 2.24) is 15.5 Å². The summed E-state index contributed by atoms with van der Waals surface area (Å²) < 4.78 is 5.54. The van der Waals surface area contributed by atoms with Crippen molar-refractivity contribution in [3.05, 3.63) is 5.89 Å². The lowest BCUT2D eigenvalue weighted by molar-refractivity contribution is 0.422. The van der Waals surface area contributed by atoms with Gasteiger partial charge in [-0.3, -0.25) is 0 Å². The van der Waals surface area contributed by atoms with E-state index in [0.29, 0.717) is 30.4 Å². The second-order valence-electron chi connectivity index (χ2n) is 4.95. The van der Waals surface area contributed by atoms with Gasteiger partial charge in [0.1, 0.15) is 0 Å². The molecule has 1 saturated carbocycles. The van der Waals surface area contributed by atoms with E-state index in [2.05, 4.69) is 41.6 Å². The maximum atomic E-state index is 5.54. The summed E-state index contributed by atoms with van der Waals surface area (Å²) in [5.41, 5.74) is 0. The fourth-order valence-electron chi connectivity index (χ4n) is 2.34. The van der Waals surface area contributed by atoms with Crippen LogP contribution in [0.1, 0.15) is 39.5 Å². The van der Waals surface area contributed by atoms with E-state index >= 15 is 0 Å². The Kier molecular flexibility index (Phi) is 3.99. The maximum absolute atomic E-state index is 5.54. The van der Waals surface area contributed by atoms with E-state index in [1.54, 1.807) is 0 Å². The lowest BCUT2D eigenvalue weighted by Crippen LogP contribution is -2.24. The van der Waals surface area contributed by atoms with Crippen molar-refractivity contribution in [2.75, 3.05) is 11.9 Å². The topological polar surface area (TPSA) is 63.0 Å². The van der Waals surface area contributed by atoms with Crippen LogP contribution in [0, 0.1) is 11.8 Å². The molecule has 2 N–H and O–H groups in total. The van der Waals surface area contributed by atoms with E-state index in [4.69, 9.17) is 4.42 Å². The molecule has 17 heavy (non-hydrogen) atoms. The quantitative estimate of drug-likeness (QED) is 0.821. The molecule has 3 unspecified atom stereocenters. The Labute approximate surface area is 102 Å². The lowest BCUT2D eigenvalue weighted by Gasteiger charge is -2.17. The molecule has 2 rings (SSSR count). The first-order chi connectivity index (χ1) is 8.20. The van der Waals surface area contributed by atoms with E-state index in [0.717, 1.165) is 12.5 Å². The molecule has 0 bridgehead atoms. The predicted octanol–water partition coefficient (Wildman–Crippen LogP) is 2.03. The number of hydrogen-bond donors (Lipinski definition) is 2. The van der Waals surface area contributed by atoms with E-state index in [9.17, 15) is 0 Å². The zero-order chi connectivity index (χ0) is 12.3. The van der Waals surface area contributed by atoms with Crippen molar-refractivity contribution in [2.24, 2.45) is 11.8 Å². The summed E-state index contributed by atoms with van der Waals surface area (Å²) in [7, 11) is 0. The average Bonchev–Trinajstić information content (AvgIpc) is 2.89. The van der Waals surface area contributed by atoms with Gasteiger partial charge in [0.15, 0.2) is 0 Å². The summed E-state index contributed by atoms with van der Waals surface area (Å²) in [6.07, 6.45) is 2.46. The van der Waals surface area contributed by atoms with E-state index < -0.39 is 0 Å². The van der Waals surface area contributed by atoms with Crippen LogP contribution in [0.5, 0.6) is 0 Å². The molecule has 0 radical (unpaired) electrons. The molecule has 1 aromatic rings. The van der Waals surface area contributed by atoms with Crippen LogP contribution in [0.2, 0.25) is 0 Å². The standard InChI is InChI=1S/C12H22N4O/c1-4-13-7-11-15-16-12(17-11)14-10-6-5-8(2)9(10)3/h8-10,13H,4-7H2,1-3H3,(H,14,16).